The molecule has 11 heteroatoms. The highest BCUT2D eigenvalue weighted by atomic mass is 16.5. The molecule has 4 N–H and O–H groups in total. The minimum absolute atomic E-state index is 0.172. The molecule has 0 aliphatic heterocycles. The molecule has 11 nitrogen and oxygen atoms in total. The second kappa shape index (κ2) is 13.4. The molecule has 3 aromatic rings. The lowest BCUT2D eigenvalue weighted by Crippen LogP contribution is -2.26. The SMILES string of the molecule is CNc1ccc(C(=O)Nc2ccc(N(C)C)nn2)c(NC2CCC(CCNC(=O)OCc3ccccc3)C2)n1. The highest BCUT2D eigenvalue weighted by Gasteiger charge is 2.26. The predicted molar refractivity (Wildman–Crippen MR) is 152 cm³/mol. The van der Waals surface area contributed by atoms with Crippen molar-refractivity contribution in [2.45, 2.75) is 38.3 Å². The summed E-state index contributed by atoms with van der Waals surface area (Å²) in [6.07, 6.45) is 3.35. The Kier molecular flexibility index (Phi) is 9.49. The molecular formula is C28H36N8O3. The molecule has 2 unspecified atom stereocenters. The molecular weight excluding hydrogens is 496 g/mol. The molecule has 4 rings (SSSR count). The molecule has 0 spiro atoms. The zero-order chi connectivity index (χ0) is 27.6. The first-order valence-corrected chi connectivity index (χ1v) is 13.1. The van der Waals surface area contributed by atoms with Crippen molar-refractivity contribution in [3.8, 4) is 0 Å². The van der Waals surface area contributed by atoms with Gasteiger partial charge in [0, 0.05) is 33.7 Å². The number of carbonyl (C=O) groups is 2. The maximum absolute atomic E-state index is 13.1. The van der Waals surface area contributed by atoms with Gasteiger partial charge in [-0.1, -0.05) is 30.3 Å². The normalized spacial score (nSPS) is 16.3. The lowest BCUT2D eigenvalue weighted by atomic mass is 10.0. The third kappa shape index (κ3) is 8.03. The van der Waals surface area contributed by atoms with Crippen LogP contribution in [0, 0.1) is 5.92 Å². The third-order valence-corrected chi connectivity index (χ3v) is 6.66. The quantitative estimate of drug-likeness (QED) is 0.288. The van der Waals surface area contributed by atoms with Gasteiger partial charge in [0.15, 0.2) is 11.6 Å². The van der Waals surface area contributed by atoms with Gasteiger partial charge in [-0.3, -0.25) is 4.79 Å². The monoisotopic (exact) mass is 532 g/mol. The highest BCUT2D eigenvalue weighted by molar-refractivity contribution is 6.07. The smallest absolute Gasteiger partial charge is 0.407 e. The Labute approximate surface area is 228 Å². The largest absolute Gasteiger partial charge is 0.445 e. The van der Waals surface area contributed by atoms with E-state index in [1.165, 1.54) is 0 Å². The second-order valence-electron chi connectivity index (χ2n) is 9.77. The number of benzene rings is 1. The molecule has 2 atom stereocenters. The van der Waals surface area contributed by atoms with E-state index < -0.39 is 6.09 Å². The zero-order valence-electron chi connectivity index (χ0n) is 22.6. The van der Waals surface area contributed by atoms with Gasteiger partial charge in [-0.2, -0.15) is 0 Å². The third-order valence-electron chi connectivity index (χ3n) is 6.66. The van der Waals surface area contributed by atoms with Crippen molar-refractivity contribution in [3.05, 3.63) is 65.7 Å². The number of hydrogen-bond acceptors (Lipinski definition) is 9. The van der Waals surface area contributed by atoms with E-state index in [0.29, 0.717) is 41.3 Å². The number of nitrogens with one attached hydrogen (secondary N) is 4. The number of pyridine rings is 1. The maximum Gasteiger partial charge on any atom is 0.407 e. The Morgan fingerprint density at radius 2 is 1.79 bits per heavy atom. The molecule has 1 saturated carbocycles. The van der Waals surface area contributed by atoms with Gasteiger partial charge in [0.05, 0.1) is 5.56 Å². The summed E-state index contributed by atoms with van der Waals surface area (Å²) in [5.74, 6) is 2.39. The molecule has 1 aliphatic rings. The first kappa shape index (κ1) is 27.6. The van der Waals surface area contributed by atoms with E-state index in [2.05, 4.69) is 36.4 Å². The second-order valence-corrected chi connectivity index (χ2v) is 9.77. The summed E-state index contributed by atoms with van der Waals surface area (Å²) in [4.78, 5) is 31.6. The number of hydrogen-bond donors (Lipinski definition) is 4. The van der Waals surface area contributed by atoms with Gasteiger partial charge in [-0.05, 0) is 61.4 Å². The van der Waals surface area contributed by atoms with Gasteiger partial charge in [0.1, 0.15) is 18.2 Å². The predicted octanol–water partition coefficient (Wildman–Crippen LogP) is 4.13. The van der Waals surface area contributed by atoms with Gasteiger partial charge < -0.3 is 30.9 Å². The number of nitrogens with zero attached hydrogens (tertiary/aromatic N) is 4. The molecule has 206 valence electrons. The van der Waals surface area contributed by atoms with Gasteiger partial charge >= 0.3 is 6.09 Å². The first-order chi connectivity index (χ1) is 18.9. The summed E-state index contributed by atoms with van der Waals surface area (Å²) < 4.78 is 5.28. The van der Waals surface area contributed by atoms with Crippen molar-refractivity contribution in [3.63, 3.8) is 0 Å². The number of anilines is 4. The van der Waals surface area contributed by atoms with Crippen LogP contribution >= 0.6 is 0 Å². The fraction of sp³-hybridized carbons (Fsp3) is 0.393. The Morgan fingerprint density at radius 3 is 2.51 bits per heavy atom. The summed E-state index contributed by atoms with van der Waals surface area (Å²) >= 11 is 0. The molecule has 39 heavy (non-hydrogen) atoms. The standard InChI is InChI=1S/C28H36N8O3/c1-29-23-12-11-22(27(37)33-24-13-14-25(35-34-24)36(2)3)26(32-23)31-21-10-9-19(17-21)15-16-30-28(38)39-18-20-7-5-4-6-8-20/h4-8,11-14,19,21H,9-10,15-18H2,1-3H3,(H,30,38)(H2,29,31,32)(H,33,34,37). The minimum Gasteiger partial charge on any atom is -0.445 e. The number of ether oxygens (including phenoxy) is 1. The van der Waals surface area contributed by atoms with Crippen molar-refractivity contribution in [2.75, 3.05) is 48.5 Å². The van der Waals surface area contributed by atoms with Crippen LogP contribution in [0.1, 0.15) is 41.6 Å². The summed E-state index contributed by atoms with van der Waals surface area (Å²) in [5, 5.41) is 20.4. The van der Waals surface area contributed by atoms with E-state index >= 15 is 0 Å². The van der Waals surface area contributed by atoms with Gasteiger partial charge in [-0.15, -0.1) is 10.2 Å². The topological polar surface area (TPSA) is 133 Å². The molecule has 0 radical (unpaired) electrons. The van der Waals surface area contributed by atoms with Crippen LogP contribution in [0.4, 0.5) is 28.1 Å². The average molecular weight is 533 g/mol. The lowest BCUT2D eigenvalue weighted by molar-refractivity contribution is 0.102. The van der Waals surface area contributed by atoms with E-state index in [0.717, 1.165) is 31.2 Å². The first-order valence-electron chi connectivity index (χ1n) is 13.1. The van der Waals surface area contributed by atoms with Crippen LogP contribution in [0.2, 0.25) is 0 Å². The van der Waals surface area contributed by atoms with E-state index in [9.17, 15) is 9.59 Å². The summed E-state index contributed by atoms with van der Waals surface area (Å²) in [6, 6.07) is 16.8. The molecule has 2 aromatic heterocycles. The van der Waals surface area contributed by atoms with Crippen LogP contribution in [-0.4, -0.2) is 60.9 Å². The fourth-order valence-electron chi connectivity index (χ4n) is 4.52. The van der Waals surface area contributed by atoms with Crippen LogP contribution in [0.5, 0.6) is 0 Å². The van der Waals surface area contributed by atoms with Crippen molar-refractivity contribution in [1.82, 2.24) is 20.5 Å². The van der Waals surface area contributed by atoms with Crippen LogP contribution in [0.25, 0.3) is 0 Å². The van der Waals surface area contributed by atoms with E-state index in [1.54, 1.807) is 31.3 Å². The van der Waals surface area contributed by atoms with Crippen LogP contribution < -0.4 is 26.2 Å². The van der Waals surface area contributed by atoms with E-state index in [4.69, 9.17) is 4.74 Å². The number of aromatic nitrogens is 3. The average Bonchev–Trinajstić information content (AvgIpc) is 3.39. The van der Waals surface area contributed by atoms with Crippen molar-refractivity contribution in [2.24, 2.45) is 5.92 Å². The van der Waals surface area contributed by atoms with E-state index in [1.807, 2.05) is 49.3 Å². The summed E-state index contributed by atoms with van der Waals surface area (Å²) in [6.45, 7) is 0.810. The van der Waals surface area contributed by atoms with Crippen LogP contribution in [-0.2, 0) is 11.3 Å². The number of alkyl carbamates (subject to hydrolysis) is 1. The molecule has 1 aliphatic carbocycles. The van der Waals surface area contributed by atoms with E-state index in [-0.39, 0.29) is 18.6 Å². The zero-order valence-corrected chi connectivity index (χ0v) is 22.6. The molecule has 1 aromatic carbocycles. The number of carbonyl (C=O) groups excluding carboxylic acids is 2. The Hall–Kier alpha value is -4.41. The lowest BCUT2D eigenvalue weighted by Gasteiger charge is -2.18. The van der Waals surface area contributed by atoms with Crippen molar-refractivity contribution in [1.29, 1.82) is 0 Å². The van der Waals surface area contributed by atoms with Crippen LogP contribution in [0.3, 0.4) is 0 Å². The maximum atomic E-state index is 13.1. The molecule has 2 amide bonds. The summed E-state index contributed by atoms with van der Waals surface area (Å²) in [5.41, 5.74) is 1.38. The minimum atomic E-state index is -0.406. The molecule has 0 bridgehead atoms. The Bertz CT molecular complexity index is 1240. The Morgan fingerprint density at radius 1 is 1.00 bits per heavy atom. The van der Waals surface area contributed by atoms with Crippen LogP contribution in [0.15, 0.2) is 54.6 Å². The van der Waals surface area contributed by atoms with Crippen molar-refractivity contribution < 1.29 is 14.3 Å². The van der Waals surface area contributed by atoms with Gasteiger partial charge in [-0.25, -0.2) is 9.78 Å². The Balaban J connectivity index is 1.28. The van der Waals surface area contributed by atoms with Gasteiger partial charge in [0.25, 0.3) is 5.91 Å². The summed E-state index contributed by atoms with van der Waals surface area (Å²) in [7, 11) is 5.54. The van der Waals surface area contributed by atoms with Gasteiger partial charge in [0.2, 0.25) is 0 Å². The highest BCUT2D eigenvalue weighted by Crippen LogP contribution is 2.31. The number of amides is 2. The molecule has 0 saturated heterocycles. The molecule has 1 fully saturated rings. The molecule has 2 heterocycles. The van der Waals surface area contributed by atoms with Crippen molar-refractivity contribution >= 4 is 35.3 Å². The number of rotatable bonds is 11. The fourth-order valence-corrected chi connectivity index (χ4v) is 4.52.